The normalized spacial score (nSPS) is 11.2. The summed E-state index contributed by atoms with van der Waals surface area (Å²) >= 11 is 6.66. The molecule has 0 aromatic heterocycles. The molecule has 6 heteroatoms. The van der Waals surface area contributed by atoms with E-state index < -0.39 is 6.29 Å². The Morgan fingerprint density at radius 3 is 1.84 bits per heavy atom. The van der Waals surface area contributed by atoms with Crippen molar-refractivity contribution in [2.45, 2.75) is 26.6 Å². The predicted molar refractivity (Wildman–Crippen MR) is 107 cm³/mol. The molecule has 0 aliphatic rings. The molecule has 1 atom stereocenters. The number of hydrogen-bond donors (Lipinski definition) is 1. The lowest BCUT2D eigenvalue weighted by atomic mass is 10.3. The van der Waals surface area contributed by atoms with Crippen molar-refractivity contribution in [2.75, 3.05) is 19.8 Å². The van der Waals surface area contributed by atoms with E-state index in [1.54, 1.807) is 19.1 Å². The van der Waals surface area contributed by atoms with Gasteiger partial charge in [0.1, 0.15) is 18.1 Å². The van der Waals surface area contributed by atoms with Crippen molar-refractivity contribution >= 4 is 31.9 Å². The fourth-order valence-corrected chi connectivity index (χ4v) is 2.23. The Labute approximate surface area is 166 Å². The van der Waals surface area contributed by atoms with E-state index in [1.807, 2.05) is 36.4 Å². The summed E-state index contributed by atoms with van der Waals surface area (Å²) in [6.07, 6.45) is 0.300. The summed E-state index contributed by atoms with van der Waals surface area (Å²) in [6.45, 7) is 5.74. The van der Waals surface area contributed by atoms with Crippen molar-refractivity contribution in [2.24, 2.45) is 0 Å². The Morgan fingerprint density at radius 1 is 0.840 bits per heavy atom. The summed E-state index contributed by atoms with van der Waals surface area (Å²) in [5.74, 6) is 1.55. The minimum absolute atomic E-state index is 0.613. The van der Waals surface area contributed by atoms with Gasteiger partial charge in [-0.15, -0.1) is 0 Å². The molecule has 0 bridgehead atoms. The van der Waals surface area contributed by atoms with Crippen LogP contribution in [0.4, 0.5) is 0 Å². The first kappa shape index (κ1) is 22.0. The molecule has 0 radical (unpaired) electrons. The highest BCUT2D eigenvalue weighted by Crippen LogP contribution is 2.17. The maximum Gasteiger partial charge on any atom is 0.194 e. The molecule has 4 nitrogen and oxygen atoms in total. The second-order valence-electron chi connectivity index (χ2n) is 5.09. The van der Waals surface area contributed by atoms with E-state index in [0.717, 1.165) is 27.7 Å². The zero-order valence-electron chi connectivity index (χ0n) is 14.5. The van der Waals surface area contributed by atoms with Gasteiger partial charge in [0.2, 0.25) is 0 Å². The number of ether oxygens (including phenoxy) is 3. The second kappa shape index (κ2) is 13.2. The number of rotatable bonds is 8. The summed E-state index contributed by atoms with van der Waals surface area (Å²) in [5.41, 5.74) is 0. The van der Waals surface area contributed by atoms with Gasteiger partial charge in [0, 0.05) is 15.6 Å². The fraction of sp³-hybridized carbons (Fsp3) is 0.368. The van der Waals surface area contributed by atoms with Crippen molar-refractivity contribution in [1.29, 1.82) is 0 Å². The fourth-order valence-electron chi connectivity index (χ4n) is 1.71. The molecule has 0 saturated heterocycles. The first-order valence-electron chi connectivity index (χ1n) is 8.07. The molecule has 0 amide bonds. The third-order valence-electron chi connectivity index (χ3n) is 2.78. The first-order chi connectivity index (χ1) is 12.0. The van der Waals surface area contributed by atoms with Crippen molar-refractivity contribution in [3.8, 4) is 11.5 Å². The van der Waals surface area contributed by atoms with Gasteiger partial charge in [-0.25, -0.2) is 0 Å². The van der Waals surface area contributed by atoms with Gasteiger partial charge in [-0.05, 0) is 61.9 Å². The lowest BCUT2D eigenvalue weighted by Crippen LogP contribution is -2.09. The van der Waals surface area contributed by atoms with Gasteiger partial charge in [-0.1, -0.05) is 38.8 Å². The third kappa shape index (κ3) is 11.2. The molecule has 0 spiro atoms. The minimum Gasteiger partial charge on any atom is -0.491 e. The van der Waals surface area contributed by atoms with Crippen LogP contribution in [0.3, 0.4) is 0 Å². The number of hydrogen-bond acceptors (Lipinski definition) is 4. The van der Waals surface area contributed by atoms with Crippen LogP contribution < -0.4 is 9.47 Å². The zero-order chi connectivity index (χ0) is 18.5. The quantitative estimate of drug-likeness (QED) is 0.409. The van der Waals surface area contributed by atoms with Gasteiger partial charge in [0.15, 0.2) is 6.29 Å². The van der Waals surface area contributed by atoms with Crippen LogP contribution in [-0.4, -0.2) is 31.2 Å². The minimum atomic E-state index is -0.754. The maximum absolute atomic E-state index is 8.84. The molecule has 2 aromatic rings. The van der Waals surface area contributed by atoms with E-state index in [9.17, 15) is 0 Å². The van der Waals surface area contributed by atoms with Gasteiger partial charge in [-0.2, -0.15) is 0 Å². The Bertz CT molecular complexity index is 571. The molecule has 1 N–H and O–H groups in total. The van der Waals surface area contributed by atoms with Crippen LogP contribution in [0.2, 0.25) is 0 Å². The van der Waals surface area contributed by atoms with Crippen LogP contribution in [0.15, 0.2) is 57.5 Å². The second-order valence-corrected chi connectivity index (χ2v) is 6.92. The topological polar surface area (TPSA) is 47.9 Å². The molecule has 0 heterocycles. The van der Waals surface area contributed by atoms with Gasteiger partial charge in [0.05, 0.1) is 6.61 Å². The summed E-state index contributed by atoms with van der Waals surface area (Å²) < 4.78 is 17.8. The Kier molecular flexibility index (Phi) is 11.6. The molecule has 1 unspecified atom stereocenters. The lowest BCUT2D eigenvalue weighted by Gasteiger charge is -2.07. The Morgan fingerprint density at radius 2 is 1.36 bits per heavy atom. The van der Waals surface area contributed by atoms with Crippen molar-refractivity contribution in [3.05, 3.63) is 57.5 Å². The monoisotopic (exact) mass is 474 g/mol. The van der Waals surface area contributed by atoms with E-state index in [4.69, 9.17) is 19.3 Å². The molecule has 0 saturated carbocycles. The van der Waals surface area contributed by atoms with Gasteiger partial charge >= 0.3 is 0 Å². The number of aliphatic hydroxyl groups excluding tert-OH is 1. The predicted octanol–water partition coefficient (Wildman–Crippen LogP) is 5.42. The number of benzene rings is 2. The molecule has 138 valence electrons. The van der Waals surface area contributed by atoms with Crippen LogP contribution >= 0.6 is 31.9 Å². The summed E-state index contributed by atoms with van der Waals surface area (Å²) in [5, 5.41) is 8.84. The molecular weight excluding hydrogens is 452 g/mol. The van der Waals surface area contributed by atoms with E-state index >= 15 is 0 Å². The lowest BCUT2D eigenvalue weighted by molar-refractivity contribution is -0.000299. The van der Waals surface area contributed by atoms with Gasteiger partial charge in [0.25, 0.3) is 0 Å². The molecule has 25 heavy (non-hydrogen) atoms. The molecule has 0 fully saturated rings. The van der Waals surface area contributed by atoms with Crippen molar-refractivity contribution in [3.63, 3.8) is 0 Å². The van der Waals surface area contributed by atoms with Crippen molar-refractivity contribution in [1.82, 2.24) is 0 Å². The Hall–Kier alpha value is -1.08. The van der Waals surface area contributed by atoms with E-state index in [2.05, 4.69) is 38.8 Å². The highest BCUT2D eigenvalue weighted by Gasteiger charge is 1.96. The number of halogens is 2. The van der Waals surface area contributed by atoms with Gasteiger partial charge in [-0.3, -0.25) is 0 Å². The summed E-state index contributed by atoms with van der Waals surface area (Å²) in [7, 11) is 0. The standard InChI is InChI=1S/C11H15BrO2.C8H9BrO2/c1-2-7-13-8-9-14-11-5-3-10(12)4-6-11;1-6(10)11-8-4-2-7(9)3-5-8/h3-6H,2,7-9H2,1H3;2-6,10H,1H3. The molecule has 0 aliphatic carbocycles. The molecule has 2 rings (SSSR count). The van der Waals surface area contributed by atoms with Crippen LogP contribution in [0.5, 0.6) is 11.5 Å². The highest BCUT2D eigenvalue weighted by atomic mass is 79.9. The SMILES string of the molecule is CC(O)Oc1ccc(Br)cc1.CCCOCCOc1ccc(Br)cc1. The average molecular weight is 476 g/mol. The van der Waals surface area contributed by atoms with Gasteiger partial charge < -0.3 is 19.3 Å². The molecule has 2 aromatic carbocycles. The largest absolute Gasteiger partial charge is 0.491 e. The van der Waals surface area contributed by atoms with Crippen LogP contribution in [0.25, 0.3) is 0 Å². The zero-order valence-corrected chi connectivity index (χ0v) is 17.6. The van der Waals surface area contributed by atoms with Crippen molar-refractivity contribution < 1.29 is 19.3 Å². The Balaban J connectivity index is 0.000000257. The maximum atomic E-state index is 8.84. The van der Waals surface area contributed by atoms with E-state index in [0.29, 0.717) is 19.0 Å². The molecular formula is C19H24Br2O4. The van der Waals surface area contributed by atoms with Crippen LogP contribution in [-0.2, 0) is 4.74 Å². The van der Waals surface area contributed by atoms with E-state index in [1.165, 1.54) is 0 Å². The van der Waals surface area contributed by atoms with Crippen LogP contribution in [0, 0.1) is 0 Å². The highest BCUT2D eigenvalue weighted by molar-refractivity contribution is 9.10. The average Bonchev–Trinajstić information content (AvgIpc) is 2.59. The van der Waals surface area contributed by atoms with Crippen LogP contribution in [0.1, 0.15) is 20.3 Å². The van der Waals surface area contributed by atoms with E-state index in [-0.39, 0.29) is 0 Å². The molecule has 0 aliphatic heterocycles. The first-order valence-corrected chi connectivity index (χ1v) is 9.66. The summed E-state index contributed by atoms with van der Waals surface area (Å²) in [4.78, 5) is 0. The number of aliphatic hydroxyl groups is 1. The summed E-state index contributed by atoms with van der Waals surface area (Å²) in [6, 6.07) is 15.1. The third-order valence-corrected chi connectivity index (χ3v) is 3.84. The smallest absolute Gasteiger partial charge is 0.194 e.